The maximum atomic E-state index is 13.3. The topological polar surface area (TPSA) is 73.9 Å². The van der Waals surface area contributed by atoms with Crippen LogP contribution in [0.5, 0.6) is 5.75 Å². The highest BCUT2D eigenvalue weighted by molar-refractivity contribution is 6.04. The predicted octanol–water partition coefficient (Wildman–Crippen LogP) is 3.88. The Hall–Kier alpha value is -2.60. The second kappa shape index (κ2) is 9.04. The molecule has 1 N–H and O–H groups in total. The van der Waals surface area contributed by atoms with Crippen LogP contribution in [0.15, 0.2) is 46.8 Å². The lowest BCUT2D eigenvalue weighted by molar-refractivity contribution is -0.140. The summed E-state index contributed by atoms with van der Waals surface area (Å²) < 4.78 is 16.4. The van der Waals surface area contributed by atoms with Gasteiger partial charge in [-0.05, 0) is 31.7 Å². The zero-order valence-electron chi connectivity index (χ0n) is 18.5. The van der Waals surface area contributed by atoms with Crippen LogP contribution in [-0.2, 0) is 19.1 Å². The number of hydrogen-bond donors (Lipinski definition) is 1. The monoisotopic (exact) mass is 413 g/mol. The number of para-hydroxylation sites is 1. The van der Waals surface area contributed by atoms with Crippen LogP contribution in [0.3, 0.4) is 0 Å². The minimum Gasteiger partial charge on any atom is -0.496 e. The second-order valence-electron chi connectivity index (χ2n) is 8.50. The molecule has 30 heavy (non-hydrogen) atoms. The molecule has 0 saturated heterocycles. The van der Waals surface area contributed by atoms with Gasteiger partial charge in [0.05, 0.1) is 25.2 Å². The minimum absolute atomic E-state index is 0.0526. The van der Waals surface area contributed by atoms with Gasteiger partial charge in [-0.2, -0.15) is 0 Å². The maximum Gasteiger partial charge on any atom is 0.336 e. The van der Waals surface area contributed by atoms with Crippen LogP contribution in [0.1, 0.15) is 52.0 Å². The van der Waals surface area contributed by atoms with Crippen molar-refractivity contribution in [2.24, 2.45) is 5.41 Å². The molecule has 1 aliphatic carbocycles. The Kier molecular flexibility index (Phi) is 6.66. The quantitative estimate of drug-likeness (QED) is 0.540. The predicted molar refractivity (Wildman–Crippen MR) is 114 cm³/mol. The Balaban J connectivity index is 2.07. The number of ketones is 1. The van der Waals surface area contributed by atoms with Gasteiger partial charge >= 0.3 is 5.97 Å². The molecular formula is C24H31NO5. The molecule has 1 atom stereocenters. The average Bonchev–Trinajstić information content (AvgIpc) is 2.69. The first-order valence-corrected chi connectivity index (χ1v) is 10.4. The molecule has 1 aliphatic heterocycles. The van der Waals surface area contributed by atoms with E-state index >= 15 is 0 Å². The number of carbonyl (C=O) groups is 2. The number of Topliss-reactive ketones (excluding diaryl/α,β-unsaturated/α-hetero) is 1. The van der Waals surface area contributed by atoms with E-state index in [1.807, 2.05) is 38.1 Å². The van der Waals surface area contributed by atoms with Gasteiger partial charge in [-0.1, -0.05) is 32.0 Å². The molecule has 162 valence electrons. The first-order valence-electron chi connectivity index (χ1n) is 10.4. The fourth-order valence-electron chi connectivity index (χ4n) is 4.34. The van der Waals surface area contributed by atoms with Crippen molar-refractivity contribution in [1.82, 2.24) is 5.32 Å². The van der Waals surface area contributed by atoms with Crippen molar-refractivity contribution in [3.8, 4) is 5.75 Å². The third-order valence-corrected chi connectivity index (χ3v) is 5.57. The summed E-state index contributed by atoms with van der Waals surface area (Å²) in [7, 11) is 1.59. The molecule has 1 unspecified atom stereocenters. The second-order valence-corrected chi connectivity index (χ2v) is 8.50. The number of nitrogens with one attached hydrogen (secondary N) is 1. The van der Waals surface area contributed by atoms with Crippen molar-refractivity contribution in [3.05, 3.63) is 52.4 Å². The molecule has 0 saturated carbocycles. The molecule has 1 heterocycles. The SMILES string of the molecule is CCOCCOC(=O)C1=C(C)NC2=C(C(=O)CC(C)(C)C2)C1c1ccccc1OC. The Labute approximate surface area is 178 Å². The van der Waals surface area contributed by atoms with Crippen molar-refractivity contribution >= 4 is 11.8 Å². The summed E-state index contributed by atoms with van der Waals surface area (Å²) in [6, 6.07) is 7.53. The zero-order chi connectivity index (χ0) is 21.9. The molecule has 1 aromatic carbocycles. The molecule has 1 aromatic rings. The Morgan fingerprint density at radius 2 is 1.93 bits per heavy atom. The number of rotatable bonds is 7. The summed E-state index contributed by atoms with van der Waals surface area (Å²) in [5.74, 6) is -0.279. The van der Waals surface area contributed by atoms with Crippen LogP contribution in [0.4, 0.5) is 0 Å². The van der Waals surface area contributed by atoms with Gasteiger partial charge in [0.1, 0.15) is 12.4 Å². The number of esters is 1. The van der Waals surface area contributed by atoms with Crippen LogP contribution >= 0.6 is 0 Å². The van der Waals surface area contributed by atoms with Gasteiger partial charge in [-0.15, -0.1) is 0 Å². The molecule has 6 nitrogen and oxygen atoms in total. The van der Waals surface area contributed by atoms with Crippen LogP contribution in [0.2, 0.25) is 0 Å². The first kappa shape index (κ1) is 22.1. The van der Waals surface area contributed by atoms with Crippen molar-refractivity contribution < 1.29 is 23.8 Å². The largest absolute Gasteiger partial charge is 0.496 e. The van der Waals surface area contributed by atoms with Crippen molar-refractivity contribution in [2.75, 3.05) is 26.9 Å². The van der Waals surface area contributed by atoms with Crippen LogP contribution in [0, 0.1) is 5.41 Å². The highest BCUT2D eigenvalue weighted by Crippen LogP contribution is 2.48. The van der Waals surface area contributed by atoms with Crippen molar-refractivity contribution in [2.45, 2.75) is 46.5 Å². The number of ether oxygens (including phenoxy) is 3. The van der Waals surface area contributed by atoms with E-state index in [9.17, 15) is 9.59 Å². The lowest BCUT2D eigenvalue weighted by Crippen LogP contribution is -2.38. The third kappa shape index (κ3) is 4.43. The number of hydrogen-bond acceptors (Lipinski definition) is 6. The zero-order valence-corrected chi connectivity index (χ0v) is 18.5. The molecular weight excluding hydrogens is 382 g/mol. The summed E-state index contributed by atoms with van der Waals surface area (Å²) in [5.41, 5.74) is 3.33. The summed E-state index contributed by atoms with van der Waals surface area (Å²) in [6.45, 7) is 8.98. The minimum atomic E-state index is -0.527. The molecule has 3 rings (SSSR count). The smallest absolute Gasteiger partial charge is 0.336 e. The van der Waals surface area contributed by atoms with Gasteiger partial charge in [0.25, 0.3) is 0 Å². The maximum absolute atomic E-state index is 13.3. The summed E-state index contributed by atoms with van der Waals surface area (Å²) in [6.07, 6.45) is 1.18. The van der Waals surface area contributed by atoms with E-state index in [2.05, 4.69) is 19.2 Å². The van der Waals surface area contributed by atoms with E-state index in [0.29, 0.717) is 42.2 Å². The van der Waals surface area contributed by atoms with Crippen LogP contribution in [0.25, 0.3) is 0 Å². The molecule has 0 spiro atoms. The molecule has 0 aromatic heterocycles. The van der Waals surface area contributed by atoms with Crippen LogP contribution < -0.4 is 10.1 Å². The van der Waals surface area contributed by atoms with E-state index in [4.69, 9.17) is 14.2 Å². The number of methoxy groups -OCH3 is 1. The lowest BCUT2D eigenvalue weighted by Gasteiger charge is -2.39. The number of carbonyl (C=O) groups excluding carboxylic acids is 2. The molecule has 0 amide bonds. The number of allylic oxidation sites excluding steroid dienone is 3. The Bertz CT molecular complexity index is 897. The fraction of sp³-hybridized carbons (Fsp3) is 0.500. The fourth-order valence-corrected chi connectivity index (χ4v) is 4.34. The molecule has 0 bridgehead atoms. The van der Waals surface area contributed by atoms with Gasteiger partial charge in [0, 0.05) is 35.6 Å². The molecule has 0 fully saturated rings. The highest BCUT2D eigenvalue weighted by atomic mass is 16.6. The molecule has 2 aliphatic rings. The van der Waals surface area contributed by atoms with E-state index in [1.165, 1.54) is 0 Å². The summed E-state index contributed by atoms with van der Waals surface area (Å²) in [4.78, 5) is 26.4. The average molecular weight is 414 g/mol. The van der Waals surface area contributed by atoms with Gasteiger partial charge in [-0.3, -0.25) is 4.79 Å². The number of benzene rings is 1. The van der Waals surface area contributed by atoms with E-state index in [0.717, 1.165) is 17.7 Å². The molecule has 0 radical (unpaired) electrons. The number of dihydropyridines is 1. The first-order chi connectivity index (χ1) is 14.3. The third-order valence-electron chi connectivity index (χ3n) is 5.57. The lowest BCUT2D eigenvalue weighted by atomic mass is 9.68. The summed E-state index contributed by atoms with van der Waals surface area (Å²) in [5, 5.41) is 3.34. The van der Waals surface area contributed by atoms with Gasteiger partial charge in [0.2, 0.25) is 0 Å². The Morgan fingerprint density at radius 3 is 2.63 bits per heavy atom. The van der Waals surface area contributed by atoms with Gasteiger partial charge in [0.15, 0.2) is 5.78 Å². The van der Waals surface area contributed by atoms with Crippen molar-refractivity contribution in [3.63, 3.8) is 0 Å². The molecule has 6 heteroatoms. The van der Waals surface area contributed by atoms with E-state index in [1.54, 1.807) is 7.11 Å². The van der Waals surface area contributed by atoms with Gasteiger partial charge in [-0.25, -0.2) is 4.79 Å². The normalized spacial score (nSPS) is 20.6. The van der Waals surface area contributed by atoms with E-state index < -0.39 is 11.9 Å². The Morgan fingerprint density at radius 1 is 1.20 bits per heavy atom. The highest BCUT2D eigenvalue weighted by Gasteiger charge is 2.43. The van der Waals surface area contributed by atoms with Crippen LogP contribution in [-0.4, -0.2) is 38.7 Å². The van der Waals surface area contributed by atoms with Gasteiger partial charge < -0.3 is 19.5 Å². The van der Waals surface area contributed by atoms with E-state index in [-0.39, 0.29) is 17.8 Å². The van der Waals surface area contributed by atoms with Crippen molar-refractivity contribution in [1.29, 1.82) is 0 Å². The summed E-state index contributed by atoms with van der Waals surface area (Å²) >= 11 is 0. The standard InChI is InChI=1S/C24H31NO5/c1-6-29-11-12-30-23(27)20-15(2)25-17-13-24(3,4)14-18(26)22(17)21(20)16-9-7-8-10-19(16)28-5/h7-10,21,25H,6,11-14H2,1-5H3.